The van der Waals surface area contributed by atoms with Crippen LogP contribution in [0.5, 0.6) is 0 Å². The number of aromatic nitrogens is 1. The number of hydrogen-bond donors (Lipinski definition) is 1. The zero-order valence-corrected chi connectivity index (χ0v) is 23.5. The molecule has 0 spiro atoms. The smallest absolute Gasteiger partial charge is 0.155 e. The van der Waals surface area contributed by atoms with E-state index in [1.807, 2.05) is 0 Å². The summed E-state index contributed by atoms with van der Waals surface area (Å²) in [6.07, 6.45) is 13.1. The molecule has 1 aromatic heterocycles. The number of carbonyl (C=O) groups excluding carboxylic acids is 1. The molecule has 3 aromatic carbocycles. The third kappa shape index (κ3) is 6.08. The van der Waals surface area contributed by atoms with Gasteiger partial charge >= 0.3 is 0 Å². The zero-order valence-electron chi connectivity index (χ0n) is 21.1. The fourth-order valence-electron chi connectivity index (χ4n) is 5.42. The average Bonchev–Trinajstić information content (AvgIpc) is 3.52. The summed E-state index contributed by atoms with van der Waals surface area (Å²) in [5.74, 6) is 1.32. The van der Waals surface area contributed by atoms with Crippen molar-refractivity contribution < 1.29 is 30.0 Å². The second-order valence-electron chi connectivity index (χ2n) is 9.27. The Labute approximate surface area is 233 Å². The molecule has 2 atom stereocenters. The number of nitrogens with zero attached hydrogens (tertiary/aromatic N) is 1. The van der Waals surface area contributed by atoms with Crippen LogP contribution in [0.1, 0.15) is 56.2 Å². The quantitative estimate of drug-likeness (QED) is 0.105. The first-order valence-electron chi connectivity index (χ1n) is 12.2. The van der Waals surface area contributed by atoms with Gasteiger partial charge in [-0.05, 0) is 61.1 Å². The average molecular weight is 665 g/mol. The maximum Gasteiger partial charge on any atom is 0.155 e. The number of ketones is 1. The van der Waals surface area contributed by atoms with Gasteiger partial charge in [-0.15, -0.1) is 42.7 Å². The van der Waals surface area contributed by atoms with Gasteiger partial charge in [-0.3, -0.25) is 4.79 Å². The van der Waals surface area contributed by atoms with Crippen molar-refractivity contribution in [2.24, 2.45) is 0 Å². The number of rotatable bonds is 3. The minimum Gasteiger partial charge on any atom is -0.512 e. The largest absolute Gasteiger partial charge is 0.512 e. The number of benzene rings is 3. The fraction of sp³-hybridized carbons (Fsp3) is 0.212. The third-order valence-electron chi connectivity index (χ3n) is 6.80. The summed E-state index contributed by atoms with van der Waals surface area (Å²) >= 11 is 0. The molecular weight excluding hydrogens is 635 g/mol. The van der Waals surface area contributed by atoms with Crippen molar-refractivity contribution in [3.63, 3.8) is 0 Å². The molecule has 4 aromatic rings. The normalized spacial score (nSPS) is 16.9. The molecule has 1 fully saturated rings. The standard InChI is InChI=1S/C26H20N.C5H8O2.C2H2.Ir/c1-2-6-17(7-3-1)18-10-12-19(13-11-18)25-23-9-5-4-8-22(23)24-20-14-15-21(16-20)26(24)27-25;1-4(6)3-5(2)7;1-2;/h1-12,20-21H,14-16H2;3,6H,1-2H3;1-2H;/q-1;;;. The summed E-state index contributed by atoms with van der Waals surface area (Å²) in [5, 5.41) is 11.0. The first-order chi connectivity index (χ1) is 17.5. The number of terminal acetylenes is 1. The van der Waals surface area contributed by atoms with Gasteiger partial charge < -0.3 is 10.1 Å². The molecule has 2 bridgehead atoms. The van der Waals surface area contributed by atoms with E-state index in [0.29, 0.717) is 5.92 Å². The van der Waals surface area contributed by atoms with Crippen molar-refractivity contribution in [3.8, 4) is 35.2 Å². The molecule has 1 radical (unpaired) electrons. The molecule has 0 aliphatic heterocycles. The first-order valence-corrected chi connectivity index (χ1v) is 12.2. The van der Waals surface area contributed by atoms with E-state index in [9.17, 15) is 4.79 Å². The minimum atomic E-state index is -0.125. The summed E-state index contributed by atoms with van der Waals surface area (Å²) in [6.45, 7) is 2.85. The van der Waals surface area contributed by atoms with Gasteiger partial charge in [0.1, 0.15) is 0 Å². The molecule has 6 rings (SSSR count). The van der Waals surface area contributed by atoms with Crippen molar-refractivity contribution in [3.05, 3.63) is 102 Å². The summed E-state index contributed by atoms with van der Waals surface area (Å²) in [4.78, 5) is 15.2. The Bertz CT molecular complexity index is 1420. The molecule has 2 aliphatic carbocycles. The first kappa shape index (κ1) is 28.1. The predicted molar refractivity (Wildman–Crippen MR) is 148 cm³/mol. The molecule has 2 aliphatic rings. The third-order valence-corrected chi connectivity index (χ3v) is 6.80. The van der Waals surface area contributed by atoms with Gasteiger partial charge in [0.15, 0.2) is 5.78 Å². The minimum absolute atomic E-state index is 0. The van der Waals surface area contributed by atoms with E-state index in [-0.39, 0.29) is 31.6 Å². The van der Waals surface area contributed by atoms with Crippen LogP contribution < -0.4 is 0 Å². The van der Waals surface area contributed by atoms with Gasteiger partial charge in [0.2, 0.25) is 0 Å². The number of carbonyl (C=O) groups is 1. The molecular formula is C33H30IrNO2-. The molecule has 189 valence electrons. The van der Waals surface area contributed by atoms with E-state index < -0.39 is 0 Å². The van der Waals surface area contributed by atoms with Crippen molar-refractivity contribution in [1.82, 2.24) is 4.98 Å². The summed E-state index contributed by atoms with van der Waals surface area (Å²) in [5.41, 5.74) is 7.51. The van der Waals surface area contributed by atoms with E-state index in [4.69, 9.17) is 10.1 Å². The summed E-state index contributed by atoms with van der Waals surface area (Å²) in [6, 6.07) is 29.3. The number of aliphatic hydroxyl groups excluding tert-OH is 1. The molecule has 0 saturated heterocycles. The van der Waals surface area contributed by atoms with E-state index in [0.717, 1.165) is 17.2 Å². The number of fused-ring (bicyclic) bond motifs is 7. The molecule has 0 amide bonds. The van der Waals surface area contributed by atoms with Crippen LogP contribution in [-0.4, -0.2) is 15.9 Å². The number of aliphatic hydroxyl groups is 1. The summed E-state index contributed by atoms with van der Waals surface area (Å²) < 4.78 is 0. The van der Waals surface area contributed by atoms with Gasteiger partial charge in [-0.1, -0.05) is 65.7 Å². The zero-order chi connectivity index (χ0) is 25.7. The SMILES string of the molecule is C#C.CC(=O)C=C(C)O.[Ir].[c-]1cc(-c2ccccc2)ccc1-c1nc2c(c3ccccc13)C1CCC2C1. The van der Waals surface area contributed by atoms with Crippen molar-refractivity contribution in [1.29, 1.82) is 0 Å². The Balaban J connectivity index is 0.000000334. The van der Waals surface area contributed by atoms with Crippen LogP contribution in [0.25, 0.3) is 33.2 Å². The Morgan fingerprint density at radius 2 is 1.57 bits per heavy atom. The van der Waals surface area contributed by atoms with Crippen LogP contribution in [0.3, 0.4) is 0 Å². The maximum atomic E-state index is 10.0. The monoisotopic (exact) mass is 665 g/mol. The molecule has 37 heavy (non-hydrogen) atoms. The van der Waals surface area contributed by atoms with Crippen LogP contribution in [0.4, 0.5) is 0 Å². The second kappa shape index (κ2) is 12.6. The van der Waals surface area contributed by atoms with Crippen LogP contribution in [0.2, 0.25) is 0 Å². The van der Waals surface area contributed by atoms with Crippen LogP contribution in [-0.2, 0) is 24.9 Å². The molecule has 1 heterocycles. The van der Waals surface area contributed by atoms with E-state index in [1.54, 1.807) is 0 Å². The molecule has 4 heteroatoms. The van der Waals surface area contributed by atoms with Crippen LogP contribution in [0.15, 0.2) is 84.6 Å². The predicted octanol–water partition coefficient (Wildman–Crippen LogP) is 8.02. The van der Waals surface area contributed by atoms with Gasteiger partial charge in [0.25, 0.3) is 0 Å². The van der Waals surface area contributed by atoms with E-state index in [1.165, 1.54) is 72.3 Å². The number of allylic oxidation sites excluding steroid dienone is 2. The van der Waals surface area contributed by atoms with E-state index in [2.05, 4.69) is 91.7 Å². The topological polar surface area (TPSA) is 50.2 Å². The Hall–Kier alpha value is -3.51. The van der Waals surface area contributed by atoms with Crippen molar-refractivity contribution in [2.75, 3.05) is 0 Å². The fourth-order valence-corrected chi connectivity index (χ4v) is 5.42. The van der Waals surface area contributed by atoms with Gasteiger partial charge in [-0.2, -0.15) is 0 Å². The molecule has 1 saturated carbocycles. The van der Waals surface area contributed by atoms with Crippen molar-refractivity contribution >= 4 is 16.6 Å². The van der Waals surface area contributed by atoms with Crippen molar-refractivity contribution in [2.45, 2.75) is 44.9 Å². The maximum absolute atomic E-state index is 10.0. The van der Waals surface area contributed by atoms with Gasteiger partial charge in [0, 0.05) is 37.8 Å². The van der Waals surface area contributed by atoms with Crippen LogP contribution in [0, 0.1) is 18.9 Å². The Morgan fingerprint density at radius 1 is 0.919 bits per heavy atom. The summed E-state index contributed by atoms with van der Waals surface area (Å²) in [7, 11) is 0. The van der Waals surface area contributed by atoms with E-state index >= 15 is 0 Å². The Morgan fingerprint density at radius 3 is 2.16 bits per heavy atom. The number of hydrogen-bond acceptors (Lipinski definition) is 3. The van der Waals surface area contributed by atoms with Gasteiger partial charge in [-0.25, -0.2) is 0 Å². The Kier molecular flexibility index (Phi) is 9.59. The second-order valence-corrected chi connectivity index (χ2v) is 9.27. The molecule has 1 N–H and O–H groups in total. The molecule has 3 nitrogen and oxygen atoms in total. The van der Waals surface area contributed by atoms with Crippen LogP contribution >= 0.6 is 0 Å². The molecule has 2 unspecified atom stereocenters. The van der Waals surface area contributed by atoms with Gasteiger partial charge in [0.05, 0.1) is 5.76 Å². The number of pyridine rings is 1.